The van der Waals surface area contributed by atoms with Crippen molar-refractivity contribution in [1.82, 2.24) is 5.32 Å². The van der Waals surface area contributed by atoms with Crippen LogP contribution in [0.2, 0.25) is 0 Å². The highest BCUT2D eigenvalue weighted by molar-refractivity contribution is 7.90. The second-order valence-corrected chi connectivity index (χ2v) is 7.30. The van der Waals surface area contributed by atoms with Crippen LogP contribution in [0.15, 0.2) is 12.1 Å². The largest absolute Gasteiger partial charge is 0.313 e. The van der Waals surface area contributed by atoms with Crippen molar-refractivity contribution in [1.29, 1.82) is 0 Å². The lowest BCUT2D eigenvalue weighted by atomic mass is 10.00. The summed E-state index contributed by atoms with van der Waals surface area (Å²) >= 11 is 0. The molecule has 0 saturated heterocycles. The van der Waals surface area contributed by atoms with Gasteiger partial charge in [0.15, 0.2) is 0 Å². The molecule has 0 aliphatic heterocycles. The monoisotopic (exact) mass is 269 g/mol. The van der Waals surface area contributed by atoms with Crippen LogP contribution in [-0.2, 0) is 16.4 Å². The smallest absolute Gasteiger partial charge is 0.147 e. The van der Waals surface area contributed by atoms with Crippen molar-refractivity contribution >= 4 is 9.84 Å². The molecule has 1 aromatic carbocycles. The minimum Gasteiger partial charge on any atom is -0.313 e. The van der Waals surface area contributed by atoms with E-state index in [1.165, 1.54) is 28.5 Å². The van der Waals surface area contributed by atoms with Gasteiger partial charge in [0.2, 0.25) is 0 Å². The number of rotatable bonds is 6. The Bertz CT molecular complexity index is 484. The molecule has 0 spiro atoms. The fraction of sp³-hybridized carbons (Fsp3) is 0.571. The average molecular weight is 269 g/mol. The molecule has 0 fully saturated rings. The van der Waals surface area contributed by atoms with Gasteiger partial charge in [-0.25, -0.2) is 8.42 Å². The Kier molecular flexibility index (Phi) is 5.35. The summed E-state index contributed by atoms with van der Waals surface area (Å²) in [6, 6.07) is 4.36. The number of aryl methyl sites for hydroxylation is 3. The molecule has 3 nitrogen and oxygen atoms in total. The van der Waals surface area contributed by atoms with Gasteiger partial charge < -0.3 is 5.32 Å². The summed E-state index contributed by atoms with van der Waals surface area (Å²) in [5.41, 5.74) is 5.19. The Hall–Kier alpha value is -0.870. The number of nitrogens with one attached hydrogen (secondary N) is 1. The van der Waals surface area contributed by atoms with Gasteiger partial charge in [-0.05, 0) is 50.4 Å². The summed E-state index contributed by atoms with van der Waals surface area (Å²) in [4.78, 5) is 0. The van der Waals surface area contributed by atoms with Gasteiger partial charge in [-0.1, -0.05) is 17.7 Å². The maximum atomic E-state index is 11.0. The fourth-order valence-corrected chi connectivity index (χ4v) is 2.83. The number of hydrogen-bond donors (Lipinski definition) is 1. The van der Waals surface area contributed by atoms with Crippen molar-refractivity contribution in [2.45, 2.75) is 33.7 Å². The van der Waals surface area contributed by atoms with Gasteiger partial charge >= 0.3 is 0 Å². The van der Waals surface area contributed by atoms with Crippen molar-refractivity contribution in [2.75, 3.05) is 18.6 Å². The Morgan fingerprint density at radius 1 is 1.11 bits per heavy atom. The Morgan fingerprint density at radius 3 is 2.17 bits per heavy atom. The highest BCUT2D eigenvalue weighted by Gasteiger charge is 2.04. The molecular formula is C14H23NO2S. The summed E-state index contributed by atoms with van der Waals surface area (Å²) in [5, 5.41) is 3.31. The van der Waals surface area contributed by atoms with Gasteiger partial charge in [0, 0.05) is 12.8 Å². The first-order chi connectivity index (χ1) is 8.29. The molecule has 0 radical (unpaired) electrons. The summed E-state index contributed by atoms with van der Waals surface area (Å²) in [5.74, 6) is 0.256. The number of hydrogen-bond acceptors (Lipinski definition) is 3. The van der Waals surface area contributed by atoms with Crippen LogP contribution in [0.25, 0.3) is 0 Å². The average Bonchev–Trinajstić information content (AvgIpc) is 2.19. The Balaban J connectivity index is 2.45. The van der Waals surface area contributed by atoms with Gasteiger partial charge in [0.05, 0.1) is 5.75 Å². The van der Waals surface area contributed by atoms with Gasteiger partial charge in [-0.2, -0.15) is 0 Å². The van der Waals surface area contributed by atoms with Crippen molar-refractivity contribution in [3.8, 4) is 0 Å². The van der Waals surface area contributed by atoms with Gasteiger partial charge in [0.1, 0.15) is 9.84 Å². The van der Waals surface area contributed by atoms with Gasteiger partial charge in [-0.15, -0.1) is 0 Å². The molecule has 102 valence electrons. The van der Waals surface area contributed by atoms with E-state index in [2.05, 4.69) is 38.2 Å². The molecule has 1 aromatic rings. The van der Waals surface area contributed by atoms with E-state index in [1.54, 1.807) is 0 Å². The lowest BCUT2D eigenvalue weighted by Crippen LogP contribution is -2.19. The lowest BCUT2D eigenvalue weighted by Gasteiger charge is -2.12. The van der Waals surface area contributed by atoms with Gasteiger partial charge in [0.25, 0.3) is 0 Å². The summed E-state index contributed by atoms with van der Waals surface area (Å²) < 4.78 is 22.0. The summed E-state index contributed by atoms with van der Waals surface area (Å²) in [6.07, 6.45) is 1.95. The minimum atomic E-state index is -2.83. The topological polar surface area (TPSA) is 46.2 Å². The van der Waals surface area contributed by atoms with E-state index >= 15 is 0 Å². The van der Waals surface area contributed by atoms with E-state index in [0.29, 0.717) is 6.42 Å². The van der Waals surface area contributed by atoms with Crippen LogP contribution in [0, 0.1) is 20.8 Å². The first-order valence-corrected chi connectivity index (χ1v) is 8.31. The molecule has 1 rings (SSSR count). The van der Waals surface area contributed by atoms with E-state index in [9.17, 15) is 8.42 Å². The predicted octanol–water partition coefficient (Wildman–Crippen LogP) is 2.14. The molecule has 0 amide bonds. The molecule has 0 aliphatic carbocycles. The first-order valence-electron chi connectivity index (χ1n) is 6.25. The molecule has 0 unspecified atom stereocenters. The number of sulfone groups is 1. The van der Waals surface area contributed by atoms with Crippen LogP contribution >= 0.6 is 0 Å². The van der Waals surface area contributed by atoms with E-state index in [-0.39, 0.29) is 5.75 Å². The van der Waals surface area contributed by atoms with Crippen molar-refractivity contribution < 1.29 is 8.42 Å². The summed E-state index contributed by atoms with van der Waals surface area (Å²) in [7, 11) is -2.83. The molecule has 0 aliphatic rings. The molecular weight excluding hydrogens is 246 g/mol. The SMILES string of the molecule is Cc1cc(C)c(CNCCCS(C)(=O)=O)c(C)c1. The molecule has 1 N–H and O–H groups in total. The molecule has 0 aromatic heterocycles. The maximum absolute atomic E-state index is 11.0. The third-order valence-electron chi connectivity index (χ3n) is 3.01. The zero-order valence-electron chi connectivity index (χ0n) is 11.7. The maximum Gasteiger partial charge on any atom is 0.147 e. The van der Waals surface area contributed by atoms with Crippen LogP contribution < -0.4 is 5.32 Å². The Labute approximate surface area is 111 Å². The Morgan fingerprint density at radius 2 is 1.67 bits per heavy atom. The van der Waals surface area contributed by atoms with Crippen molar-refractivity contribution in [3.63, 3.8) is 0 Å². The van der Waals surface area contributed by atoms with Crippen LogP contribution in [0.5, 0.6) is 0 Å². The summed E-state index contributed by atoms with van der Waals surface area (Å²) in [6.45, 7) is 7.88. The quantitative estimate of drug-likeness (QED) is 0.805. The van der Waals surface area contributed by atoms with Crippen molar-refractivity contribution in [2.24, 2.45) is 0 Å². The first kappa shape index (κ1) is 15.2. The van der Waals surface area contributed by atoms with Gasteiger partial charge in [-0.3, -0.25) is 0 Å². The second-order valence-electron chi connectivity index (χ2n) is 5.04. The zero-order chi connectivity index (χ0) is 13.8. The van der Waals surface area contributed by atoms with Crippen molar-refractivity contribution in [3.05, 3.63) is 34.4 Å². The number of benzene rings is 1. The van der Waals surface area contributed by atoms with Crippen LogP contribution in [0.4, 0.5) is 0 Å². The van der Waals surface area contributed by atoms with E-state index < -0.39 is 9.84 Å². The lowest BCUT2D eigenvalue weighted by molar-refractivity contribution is 0.594. The van der Waals surface area contributed by atoms with Crippen LogP contribution in [0.1, 0.15) is 28.7 Å². The third-order valence-corrected chi connectivity index (χ3v) is 4.04. The van der Waals surface area contributed by atoms with E-state index in [1.807, 2.05) is 0 Å². The zero-order valence-corrected chi connectivity index (χ0v) is 12.5. The highest BCUT2D eigenvalue weighted by atomic mass is 32.2. The van der Waals surface area contributed by atoms with E-state index in [4.69, 9.17) is 0 Å². The molecule has 4 heteroatoms. The molecule has 0 saturated carbocycles. The predicted molar refractivity (Wildman–Crippen MR) is 76.7 cm³/mol. The van der Waals surface area contributed by atoms with Crippen LogP contribution in [0.3, 0.4) is 0 Å². The minimum absolute atomic E-state index is 0.256. The molecule has 0 bridgehead atoms. The second kappa shape index (κ2) is 6.34. The van der Waals surface area contributed by atoms with Crippen LogP contribution in [-0.4, -0.2) is 27.0 Å². The normalized spacial score (nSPS) is 11.8. The fourth-order valence-electron chi connectivity index (χ4n) is 2.16. The standard InChI is InChI=1S/C14H23NO2S/c1-11-8-12(2)14(13(3)9-11)10-15-6-5-7-18(4,16)17/h8-9,15H,5-7,10H2,1-4H3. The molecule has 0 heterocycles. The molecule has 18 heavy (non-hydrogen) atoms. The molecule has 0 atom stereocenters. The van der Waals surface area contributed by atoms with E-state index in [0.717, 1.165) is 13.1 Å². The highest BCUT2D eigenvalue weighted by Crippen LogP contribution is 2.15. The third kappa shape index (κ3) is 5.19.